The summed E-state index contributed by atoms with van der Waals surface area (Å²) in [7, 11) is 0. The summed E-state index contributed by atoms with van der Waals surface area (Å²) in [4.78, 5) is 40.2. The van der Waals surface area contributed by atoms with E-state index in [-0.39, 0.29) is 23.2 Å². The topological polar surface area (TPSA) is 81.5 Å². The van der Waals surface area contributed by atoms with E-state index in [1.54, 1.807) is 29.2 Å². The molecule has 7 heteroatoms. The molecule has 0 aliphatic rings. The molecule has 0 saturated carbocycles. The monoisotopic (exact) mass is 443 g/mol. The lowest BCUT2D eigenvalue weighted by molar-refractivity contribution is -0.121. The van der Waals surface area contributed by atoms with Gasteiger partial charge < -0.3 is 9.64 Å². The molecule has 4 rings (SSSR count). The van der Waals surface area contributed by atoms with Gasteiger partial charge in [0.05, 0.1) is 17.1 Å². The minimum Gasteiger partial charge on any atom is -0.451 e. The van der Waals surface area contributed by atoms with E-state index < -0.39 is 12.6 Å². The van der Waals surface area contributed by atoms with Crippen LogP contribution in [0.5, 0.6) is 0 Å². The van der Waals surface area contributed by atoms with Gasteiger partial charge in [-0.2, -0.15) is 5.10 Å². The van der Waals surface area contributed by atoms with Crippen LogP contribution in [0.3, 0.4) is 0 Å². The summed E-state index contributed by atoms with van der Waals surface area (Å²) in [5.74, 6) is -1.09. The summed E-state index contributed by atoms with van der Waals surface area (Å²) in [6, 6.07) is 20.1. The Bertz CT molecular complexity index is 1400. The van der Waals surface area contributed by atoms with E-state index in [4.69, 9.17) is 4.74 Å². The van der Waals surface area contributed by atoms with E-state index in [1.165, 1.54) is 4.68 Å². The average molecular weight is 444 g/mol. The number of amides is 1. The number of carbonyl (C=O) groups excluding carboxylic acids is 2. The molecule has 0 bridgehead atoms. The predicted octanol–water partition coefficient (Wildman–Crippen LogP) is 4.34. The zero-order chi connectivity index (χ0) is 23.5. The summed E-state index contributed by atoms with van der Waals surface area (Å²) >= 11 is 0. The molecule has 0 fully saturated rings. The average Bonchev–Trinajstić information content (AvgIpc) is 2.83. The van der Waals surface area contributed by atoms with E-state index in [0.29, 0.717) is 17.3 Å². The summed E-state index contributed by atoms with van der Waals surface area (Å²) < 4.78 is 6.64. The number of ether oxygens (including phenoxy) is 1. The molecule has 0 radical (unpaired) electrons. The molecule has 0 aliphatic carbocycles. The summed E-state index contributed by atoms with van der Waals surface area (Å²) in [6.07, 6.45) is 0. The van der Waals surface area contributed by atoms with Crippen LogP contribution >= 0.6 is 0 Å². The lowest BCUT2D eigenvalue weighted by Gasteiger charge is -2.22. The SMILES string of the molecule is CCN(C(=O)COC(=O)c1nn(C(C)C)c(=O)c2ccccc12)c1cccc2ccccc12. The molecule has 0 aliphatic heterocycles. The Hall–Kier alpha value is -4.00. The van der Waals surface area contributed by atoms with Crippen LogP contribution in [0.25, 0.3) is 21.5 Å². The highest BCUT2D eigenvalue weighted by atomic mass is 16.5. The number of likely N-dealkylation sites (N-methyl/N-ethyl adjacent to an activating group) is 1. The Morgan fingerprint density at radius 2 is 1.58 bits per heavy atom. The lowest BCUT2D eigenvalue weighted by Crippen LogP contribution is -2.35. The van der Waals surface area contributed by atoms with E-state index in [9.17, 15) is 14.4 Å². The van der Waals surface area contributed by atoms with Crippen molar-refractivity contribution in [2.45, 2.75) is 26.8 Å². The van der Waals surface area contributed by atoms with Gasteiger partial charge >= 0.3 is 5.97 Å². The van der Waals surface area contributed by atoms with Gasteiger partial charge in [-0.15, -0.1) is 0 Å². The molecule has 0 atom stereocenters. The molecular formula is C26H25N3O4. The number of carbonyl (C=O) groups is 2. The third-order valence-electron chi connectivity index (χ3n) is 5.51. The van der Waals surface area contributed by atoms with E-state index in [2.05, 4.69) is 5.10 Å². The first-order chi connectivity index (χ1) is 15.9. The van der Waals surface area contributed by atoms with Crippen LogP contribution in [-0.2, 0) is 9.53 Å². The summed E-state index contributed by atoms with van der Waals surface area (Å²) in [5, 5.41) is 6.99. The van der Waals surface area contributed by atoms with Crippen molar-refractivity contribution in [1.29, 1.82) is 0 Å². The normalized spacial score (nSPS) is 11.2. The molecule has 7 nitrogen and oxygen atoms in total. The number of fused-ring (bicyclic) bond motifs is 2. The third-order valence-corrected chi connectivity index (χ3v) is 5.51. The number of nitrogens with zero attached hydrogens (tertiary/aromatic N) is 3. The number of aromatic nitrogens is 2. The van der Waals surface area contributed by atoms with Gasteiger partial charge in [0, 0.05) is 17.3 Å². The zero-order valence-corrected chi connectivity index (χ0v) is 18.8. The smallest absolute Gasteiger partial charge is 0.359 e. The second kappa shape index (κ2) is 9.24. The maximum Gasteiger partial charge on any atom is 0.359 e. The fourth-order valence-corrected chi connectivity index (χ4v) is 3.91. The second-order valence-electron chi connectivity index (χ2n) is 7.95. The van der Waals surface area contributed by atoms with Gasteiger partial charge in [-0.3, -0.25) is 9.59 Å². The second-order valence-corrected chi connectivity index (χ2v) is 7.95. The Morgan fingerprint density at radius 3 is 2.27 bits per heavy atom. The van der Waals surface area contributed by atoms with Gasteiger partial charge in [0.2, 0.25) is 0 Å². The first-order valence-electron chi connectivity index (χ1n) is 10.9. The van der Waals surface area contributed by atoms with Crippen molar-refractivity contribution in [3.8, 4) is 0 Å². The molecule has 0 saturated heterocycles. The number of anilines is 1. The lowest BCUT2D eigenvalue weighted by atomic mass is 10.1. The molecule has 3 aromatic carbocycles. The fourth-order valence-electron chi connectivity index (χ4n) is 3.91. The van der Waals surface area contributed by atoms with Crippen LogP contribution in [-0.4, -0.2) is 34.8 Å². The highest BCUT2D eigenvalue weighted by Crippen LogP contribution is 2.27. The minimum atomic E-state index is -0.747. The van der Waals surface area contributed by atoms with Gasteiger partial charge in [-0.25, -0.2) is 9.48 Å². The fraction of sp³-hybridized carbons (Fsp3) is 0.231. The number of hydrogen-bond donors (Lipinski definition) is 0. The van der Waals surface area contributed by atoms with Gasteiger partial charge in [-0.1, -0.05) is 54.6 Å². The number of benzene rings is 3. The quantitative estimate of drug-likeness (QED) is 0.414. The molecule has 1 aromatic heterocycles. The number of rotatable bonds is 6. The summed E-state index contributed by atoms with van der Waals surface area (Å²) in [6.45, 7) is 5.47. The maximum atomic E-state index is 13.0. The van der Waals surface area contributed by atoms with E-state index >= 15 is 0 Å². The Labute approximate surface area is 191 Å². The Kier molecular flexibility index (Phi) is 6.22. The van der Waals surface area contributed by atoms with E-state index in [1.807, 2.05) is 63.2 Å². The van der Waals surface area contributed by atoms with Crippen LogP contribution in [0.4, 0.5) is 5.69 Å². The number of esters is 1. The van der Waals surface area contributed by atoms with Crippen molar-refractivity contribution in [3.05, 3.63) is 82.8 Å². The Morgan fingerprint density at radius 1 is 0.939 bits per heavy atom. The van der Waals surface area contributed by atoms with Crippen molar-refractivity contribution in [2.75, 3.05) is 18.1 Å². The van der Waals surface area contributed by atoms with Crippen molar-refractivity contribution < 1.29 is 14.3 Å². The summed E-state index contributed by atoms with van der Waals surface area (Å²) in [5.41, 5.74) is 0.495. The standard InChI is InChI=1S/C26H25N3O4/c1-4-28(22-15-9-11-18-10-5-6-12-19(18)22)23(30)16-33-26(32)24-20-13-7-8-14-21(20)25(31)29(27-24)17(2)3/h5-15,17H,4,16H2,1-3H3. The van der Waals surface area contributed by atoms with Gasteiger partial charge in [0.25, 0.3) is 11.5 Å². The zero-order valence-electron chi connectivity index (χ0n) is 18.8. The molecule has 1 amide bonds. The predicted molar refractivity (Wildman–Crippen MR) is 129 cm³/mol. The first-order valence-corrected chi connectivity index (χ1v) is 10.9. The molecule has 33 heavy (non-hydrogen) atoms. The maximum absolute atomic E-state index is 13.0. The highest BCUT2D eigenvalue weighted by Gasteiger charge is 2.22. The molecule has 168 valence electrons. The van der Waals surface area contributed by atoms with Crippen molar-refractivity contribution >= 4 is 39.1 Å². The van der Waals surface area contributed by atoms with Crippen LogP contribution in [0.15, 0.2) is 71.5 Å². The highest BCUT2D eigenvalue weighted by molar-refractivity contribution is 6.06. The molecule has 0 unspecified atom stereocenters. The largest absolute Gasteiger partial charge is 0.451 e. The molecule has 0 spiro atoms. The van der Waals surface area contributed by atoms with Crippen molar-refractivity contribution in [1.82, 2.24) is 9.78 Å². The van der Waals surface area contributed by atoms with Gasteiger partial charge in [0.1, 0.15) is 0 Å². The van der Waals surface area contributed by atoms with Crippen molar-refractivity contribution in [2.24, 2.45) is 0 Å². The third kappa shape index (κ3) is 4.22. The van der Waals surface area contributed by atoms with Crippen LogP contribution in [0, 0.1) is 0 Å². The Balaban J connectivity index is 1.61. The van der Waals surface area contributed by atoms with Crippen molar-refractivity contribution in [3.63, 3.8) is 0 Å². The molecule has 0 N–H and O–H groups in total. The minimum absolute atomic E-state index is 0.0138. The van der Waals surface area contributed by atoms with Gasteiger partial charge in [0.15, 0.2) is 12.3 Å². The molecule has 1 heterocycles. The van der Waals surface area contributed by atoms with Crippen LogP contribution < -0.4 is 10.5 Å². The molecular weight excluding hydrogens is 418 g/mol. The number of hydrogen-bond acceptors (Lipinski definition) is 5. The van der Waals surface area contributed by atoms with Gasteiger partial charge in [-0.05, 0) is 38.3 Å². The van der Waals surface area contributed by atoms with E-state index in [0.717, 1.165) is 16.5 Å². The molecule has 4 aromatic rings. The van der Waals surface area contributed by atoms with Crippen LogP contribution in [0.2, 0.25) is 0 Å². The first kappa shape index (κ1) is 22.2. The van der Waals surface area contributed by atoms with Crippen LogP contribution in [0.1, 0.15) is 37.3 Å².